The third kappa shape index (κ3) is 10.4. The molecule has 0 radical (unpaired) electrons. The van der Waals surface area contributed by atoms with Crippen molar-refractivity contribution in [2.75, 3.05) is 79.0 Å². The second-order valence-electron chi connectivity index (χ2n) is 11.9. The van der Waals surface area contributed by atoms with Gasteiger partial charge in [-0.25, -0.2) is 0 Å². The molecule has 0 saturated heterocycles. The minimum atomic E-state index is 0.0725. The van der Waals surface area contributed by atoms with Gasteiger partial charge in [0.15, 0.2) is 0 Å². The van der Waals surface area contributed by atoms with Gasteiger partial charge in [0.05, 0.1) is 50.9 Å². The zero-order chi connectivity index (χ0) is 30.3. The number of fused-ring (bicyclic) bond motifs is 1. The fourth-order valence-corrected chi connectivity index (χ4v) is 6.15. The number of rotatable bonds is 19. The maximum Gasteiger partial charge on any atom is 0.142 e. The predicted octanol–water partition coefficient (Wildman–Crippen LogP) is 6.00. The van der Waals surface area contributed by atoms with Gasteiger partial charge in [-0.05, 0) is 60.9 Å². The summed E-state index contributed by atoms with van der Waals surface area (Å²) in [5.41, 5.74) is 4.75. The van der Waals surface area contributed by atoms with Gasteiger partial charge in [0.25, 0.3) is 0 Å². The quantitative estimate of drug-likeness (QED) is 0.182. The molecule has 1 aliphatic carbocycles. The van der Waals surface area contributed by atoms with Crippen molar-refractivity contribution in [2.24, 2.45) is 5.92 Å². The van der Waals surface area contributed by atoms with Crippen LogP contribution in [0.3, 0.4) is 0 Å². The summed E-state index contributed by atoms with van der Waals surface area (Å²) < 4.78 is 40.9. The molecule has 0 aromatic heterocycles. The van der Waals surface area contributed by atoms with Gasteiger partial charge in [-0.2, -0.15) is 0 Å². The van der Waals surface area contributed by atoms with Crippen LogP contribution in [0, 0.1) is 5.92 Å². The van der Waals surface area contributed by atoms with Crippen LogP contribution in [0.1, 0.15) is 61.6 Å². The summed E-state index contributed by atoms with van der Waals surface area (Å²) in [6.07, 6.45) is 5.20. The van der Waals surface area contributed by atoms with Gasteiger partial charge in [-0.3, -0.25) is 0 Å². The van der Waals surface area contributed by atoms with Crippen LogP contribution in [0.2, 0.25) is 0 Å². The van der Waals surface area contributed by atoms with Crippen LogP contribution in [0.15, 0.2) is 42.5 Å². The van der Waals surface area contributed by atoms with Crippen molar-refractivity contribution in [3.05, 3.63) is 59.2 Å². The average molecular weight is 600 g/mol. The average Bonchev–Trinajstić information content (AvgIpc) is 3.03. The lowest BCUT2D eigenvalue weighted by Gasteiger charge is -2.38. The van der Waals surface area contributed by atoms with Gasteiger partial charge in [0, 0.05) is 59.5 Å². The van der Waals surface area contributed by atoms with E-state index >= 15 is 0 Å². The lowest BCUT2D eigenvalue weighted by molar-refractivity contribution is -0.0713. The van der Waals surface area contributed by atoms with Crippen LogP contribution in [0.25, 0.3) is 0 Å². The molecule has 2 aromatic carbocycles. The van der Waals surface area contributed by atoms with Crippen molar-refractivity contribution in [2.45, 2.75) is 70.4 Å². The summed E-state index contributed by atoms with van der Waals surface area (Å²) in [6.45, 7) is 9.40. The second kappa shape index (κ2) is 18.6. The number of ether oxygens (including phenoxy) is 7. The largest absolute Gasteiger partial charge is 0.490 e. The van der Waals surface area contributed by atoms with Crippen LogP contribution in [0.4, 0.5) is 5.69 Å². The van der Waals surface area contributed by atoms with Gasteiger partial charge in [0.2, 0.25) is 0 Å². The molecule has 4 rings (SSSR count). The Morgan fingerprint density at radius 3 is 2.33 bits per heavy atom. The number of benzene rings is 2. The first-order chi connectivity index (χ1) is 21.1. The van der Waals surface area contributed by atoms with Gasteiger partial charge in [-0.15, -0.1) is 0 Å². The van der Waals surface area contributed by atoms with E-state index < -0.39 is 0 Å². The highest BCUT2D eigenvalue weighted by atomic mass is 16.5. The second-order valence-corrected chi connectivity index (χ2v) is 11.9. The Morgan fingerprint density at radius 1 is 0.814 bits per heavy atom. The van der Waals surface area contributed by atoms with E-state index in [0.717, 1.165) is 68.8 Å². The molecule has 43 heavy (non-hydrogen) atoms. The van der Waals surface area contributed by atoms with Crippen molar-refractivity contribution < 1.29 is 33.2 Å². The lowest BCUT2D eigenvalue weighted by Crippen LogP contribution is -2.38. The van der Waals surface area contributed by atoms with Crippen LogP contribution in [-0.4, -0.2) is 86.3 Å². The van der Waals surface area contributed by atoms with Crippen molar-refractivity contribution in [3.8, 4) is 5.75 Å². The Bertz CT molecular complexity index is 1050. The van der Waals surface area contributed by atoms with E-state index in [-0.39, 0.29) is 18.1 Å². The number of anilines is 1. The fourth-order valence-electron chi connectivity index (χ4n) is 6.15. The predicted molar refractivity (Wildman–Crippen MR) is 169 cm³/mol. The first-order valence-electron chi connectivity index (χ1n) is 16.0. The molecule has 2 aliphatic rings. The molecule has 0 N–H and O–H groups in total. The van der Waals surface area contributed by atoms with E-state index in [1.807, 2.05) is 0 Å². The number of nitrogens with zero attached hydrogens (tertiary/aromatic N) is 1. The molecule has 0 bridgehead atoms. The monoisotopic (exact) mass is 599 g/mol. The minimum Gasteiger partial charge on any atom is -0.490 e. The molecule has 0 unspecified atom stereocenters. The Balaban J connectivity index is 1.43. The van der Waals surface area contributed by atoms with E-state index in [2.05, 4.69) is 54.3 Å². The van der Waals surface area contributed by atoms with E-state index in [0.29, 0.717) is 52.2 Å². The molecule has 240 valence electrons. The summed E-state index contributed by atoms with van der Waals surface area (Å²) in [6, 6.07) is 15.3. The maximum atomic E-state index is 6.74. The normalized spacial score (nSPS) is 20.9. The van der Waals surface area contributed by atoms with Crippen molar-refractivity contribution in [1.82, 2.24) is 0 Å². The Morgan fingerprint density at radius 2 is 1.56 bits per heavy atom. The molecular weight excluding hydrogens is 546 g/mol. The van der Waals surface area contributed by atoms with Gasteiger partial charge >= 0.3 is 0 Å². The maximum absolute atomic E-state index is 6.74. The summed E-state index contributed by atoms with van der Waals surface area (Å²) in [5, 5.41) is 0. The van der Waals surface area contributed by atoms with Crippen LogP contribution >= 0.6 is 0 Å². The highest BCUT2D eigenvalue weighted by Crippen LogP contribution is 2.39. The smallest absolute Gasteiger partial charge is 0.142 e. The molecule has 2 aromatic rings. The Hall–Kier alpha value is -2.20. The molecule has 4 atom stereocenters. The zero-order valence-electron chi connectivity index (χ0n) is 26.8. The molecule has 8 heteroatoms. The van der Waals surface area contributed by atoms with Gasteiger partial charge in [0.1, 0.15) is 12.4 Å². The molecule has 0 spiro atoms. The van der Waals surface area contributed by atoms with E-state index in [1.54, 1.807) is 21.3 Å². The standard InChI is InChI=1S/C35H53NO7/c1-27(23-39-4)24-40-25-28-10-13-30(14-11-28)35-33(41-20-7-19-38-3)8-5-9-34(35)43-26-29-12-15-32-31(22-29)36(17-21-42-32)16-6-18-37-2/h10-15,22,27,33-35H,5-9,16-21,23-26H2,1-4H3/t27-,33+,34-,35-/m0/s1. The third-order valence-electron chi connectivity index (χ3n) is 8.31. The molecule has 1 saturated carbocycles. The molecule has 0 amide bonds. The Labute approximate surface area is 258 Å². The topological polar surface area (TPSA) is 67.9 Å². The fraction of sp³-hybridized carbons (Fsp3) is 0.657. The summed E-state index contributed by atoms with van der Waals surface area (Å²) >= 11 is 0. The first-order valence-corrected chi connectivity index (χ1v) is 16.0. The summed E-state index contributed by atoms with van der Waals surface area (Å²) in [4.78, 5) is 2.40. The SMILES string of the molecule is COCCCO[C@@H]1CCC[C@H](OCc2ccc3c(c2)N(CCCOC)CCO3)[C@H]1c1ccc(COC[C@@H](C)COC)cc1. The number of hydrogen-bond donors (Lipinski definition) is 0. The third-order valence-corrected chi connectivity index (χ3v) is 8.31. The Kier molecular flexibility index (Phi) is 14.5. The van der Waals surface area contributed by atoms with Crippen molar-refractivity contribution >= 4 is 5.69 Å². The highest BCUT2D eigenvalue weighted by Gasteiger charge is 2.36. The van der Waals surface area contributed by atoms with Crippen molar-refractivity contribution in [3.63, 3.8) is 0 Å². The van der Waals surface area contributed by atoms with Gasteiger partial charge in [-0.1, -0.05) is 37.3 Å². The zero-order valence-corrected chi connectivity index (χ0v) is 26.8. The molecule has 1 fully saturated rings. The minimum absolute atomic E-state index is 0.0725. The van der Waals surface area contributed by atoms with Crippen LogP contribution < -0.4 is 9.64 Å². The lowest BCUT2D eigenvalue weighted by atomic mass is 9.79. The van der Waals surface area contributed by atoms with Gasteiger partial charge < -0.3 is 38.1 Å². The molecule has 1 aliphatic heterocycles. The van der Waals surface area contributed by atoms with Crippen LogP contribution in [0.5, 0.6) is 5.75 Å². The van der Waals surface area contributed by atoms with E-state index in [4.69, 9.17) is 33.2 Å². The summed E-state index contributed by atoms with van der Waals surface area (Å²) in [7, 11) is 5.22. The van der Waals surface area contributed by atoms with Crippen LogP contribution in [-0.2, 0) is 41.6 Å². The van der Waals surface area contributed by atoms with E-state index in [9.17, 15) is 0 Å². The number of hydrogen-bond acceptors (Lipinski definition) is 8. The summed E-state index contributed by atoms with van der Waals surface area (Å²) in [5.74, 6) is 1.49. The molecular formula is C35H53NO7. The van der Waals surface area contributed by atoms with Crippen molar-refractivity contribution in [1.29, 1.82) is 0 Å². The molecule has 8 nitrogen and oxygen atoms in total. The highest BCUT2D eigenvalue weighted by molar-refractivity contribution is 5.61. The number of methoxy groups -OCH3 is 3. The molecule has 1 heterocycles. The first kappa shape index (κ1) is 33.7. The van der Waals surface area contributed by atoms with E-state index in [1.165, 1.54) is 11.1 Å².